The Hall–Kier alpha value is -8.15. The molecule has 292 valence electrons. The van der Waals surface area contributed by atoms with Crippen LogP contribution < -0.4 is 0 Å². The molecule has 0 spiro atoms. The summed E-state index contributed by atoms with van der Waals surface area (Å²) in [6.45, 7) is 0. The maximum Gasteiger partial charge on any atom is 0.238 e. The van der Waals surface area contributed by atoms with Crippen LogP contribution in [0.25, 0.3) is 107 Å². The molecule has 11 aromatic rings. The molecule has 0 radical (unpaired) electrons. The first-order chi connectivity index (χ1) is 30.7. The number of rotatable bonds is 7. The summed E-state index contributed by atoms with van der Waals surface area (Å²) in [7, 11) is 0. The third kappa shape index (κ3) is 6.13. The summed E-state index contributed by atoms with van der Waals surface area (Å²) < 4.78 is 4.61. The molecule has 0 saturated carbocycles. The third-order valence-corrected chi connectivity index (χ3v) is 12.3. The van der Waals surface area contributed by atoms with Gasteiger partial charge in [0.15, 0.2) is 11.6 Å². The Morgan fingerprint density at radius 1 is 0.355 bits per heavy atom. The van der Waals surface area contributed by atoms with E-state index < -0.39 is 0 Å². The lowest BCUT2D eigenvalue weighted by atomic mass is 9.97. The first-order valence-corrected chi connectivity index (χ1v) is 21.2. The van der Waals surface area contributed by atoms with E-state index in [9.17, 15) is 0 Å². The van der Waals surface area contributed by atoms with Gasteiger partial charge in [-0.15, -0.1) is 0 Å². The van der Waals surface area contributed by atoms with Crippen LogP contribution in [0.2, 0.25) is 0 Å². The van der Waals surface area contributed by atoms with Crippen molar-refractivity contribution in [2.75, 3.05) is 0 Å². The number of aromatic nitrogens is 5. The van der Waals surface area contributed by atoms with Crippen molar-refractivity contribution in [3.63, 3.8) is 0 Å². The van der Waals surface area contributed by atoms with E-state index in [4.69, 9.17) is 15.0 Å². The minimum absolute atomic E-state index is 0.602. The van der Waals surface area contributed by atoms with Gasteiger partial charge in [-0.25, -0.2) is 4.98 Å². The highest BCUT2D eigenvalue weighted by Gasteiger charge is 2.23. The van der Waals surface area contributed by atoms with Gasteiger partial charge in [-0.3, -0.25) is 4.57 Å². The maximum absolute atomic E-state index is 5.27. The molecular weight excluding hydrogens is 755 g/mol. The van der Waals surface area contributed by atoms with Gasteiger partial charge < -0.3 is 4.57 Å². The van der Waals surface area contributed by atoms with E-state index in [1.807, 2.05) is 12.1 Å². The van der Waals surface area contributed by atoms with Gasteiger partial charge in [0.2, 0.25) is 5.95 Å². The van der Waals surface area contributed by atoms with Crippen LogP contribution in [0.4, 0.5) is 0 Å². The van der Waals surface area contributed by atoms with Crippen LogP contribution in [-0.4, -0.2) is 24.1 Å². The number of benzene rings is 8. The number of nitrogens with zero attached hydrogens (tertiary/aromatic N) is 5. The van der Waals surface area contributed by atoms with E-state index in [0.29, 0.717) is 17.6 Å². The van der Waals surface area contributed by atoms with Crippen molar-refractivity contribution in [2.24, 2.45) is 0 Å². The van der Waals surface area contributed by atoms with Crippen LogP contribution in [-0.2, 0) is 6.42 Å². The lowest BCUT2D eigenvalue weighted by Gasteiger charge is -2.13. The molecule has 1 aliphatic rings. The zero-order chi connectivity index (χ0) is 41.0. The Kier molecular flexibility index (Phi) is 8.56. The average Bonchev–Trinajstić information content (AvgIpc) is 3.87. The van der Waals surface area contributed by atoms with Crippen molar-refractivity contribution in [1.82, 2.24) is 24.1 Å². The third-order valence-electron chi connectivity index (χ3n) is 12.3. The summed E-state index contributed by atoms with van der Waals surface area (Å²) in [4.78, 5) is 15.7. The topological polar surface area (TPSA) is 48.5 Å². The highest BCUT2D eigenvalue weighted by Crippen LogP contribution is 2.39. The maximum atomic E-state index is 5.27. The van der Waals surface area contributed by atoms with E-state index in [0.717, 1.165) is 52.0 Å². The Labute approximate surface area is 359 Å². The first kappa shape index (κ1) is 35.8. The summed E-state index contributed by atoms with van der Waals surface area (Å²) in [5.74, 6) is 1.86. The van der Waals surface area contributed by atoms with Gasteiger partial charge in [0.25, 0.3) is 0 Å². The molecule has 0 atom stereocenters. The minimum atomic E-state index is 0.602. The molecule has 0 fully saturated rings. The zero-order valence-electron chi connectivity index (χ0n) is 33.9. The van der Waals surface area contributed by atoms with Crippen LogP contribution in [0, 0.1) is 0 Å². The van der Waals surface area contributed by atoms with E-state index >= 15 is 0 Å². The van der Waals surface area contributed by atoms with Crippen LogP contribution in [0.3, 0.4) is 0 Å². The molecule has 0 saturated heterocycles. The first-order valence-electron chi connectivity index (χ1n) is 21.2. The summed E-state index contributed by atoms with van der Waals surface area (Å²) in [5, 5.41) is 3.70. The summed E-state index contributed by atoms with van der Waals surface area (Å²) >= 11 is 0. The van der Waals surface area contributed by atoms with Crippen molar-refractivity contribution in [3.05, 3.63) is 218 Å². The molecule has 62 heavy (non-hydrogen) atoms. The van der Waals surface area contributed by atoms with Crippen molar-refractivity contribution in [2.45, 2.75) is 12.8 Å². The smallest absolute Gasteiger partial charge is 0.238 e. The second-order valence-electron chi connectivity index (χ2n) is 16.0. The molecule has 0 aliphatic heterocycles. The van der Waals surface area contributed by atoms with Gasteiger partial charge in [0.1, 0.15) is 0 Å². The molecule has 5 heteroatoms. The number of aryl methyl sites for hydroxylation is 1. The number of para-hydroxylation sites is 2. The molecular formula is C57H39N5. The number of fused-ring (bicyclic) bond motifs is 6. The van der Waals surface area contributed by atoms with Gasteiger partial charge in [-0.2, -0.15) is 9.97 Å². The fourth-order valence-corrected chi connectivity index (χ4v) is 9.25. The average molecular weight is 794 g/mol. The van der Waals surface area contributed by atoms with E-state index in [1.165, 1.54) is 55.0 Å². The Morgan fingerprint density at radius 3 is 1.44 bits per heavy atom. The summed E-state index contributed by atoms with van der Waals surface area (Å²) in [6, 6.07) is 71.1. The van der Waals surface area contributed by atoms with Crippen LogP contribution in [0.5, 0.6) is 0 Å². The van der Waals surface area contributed by atoms with Gasteiger partial charge in [-0.1, -0.05) is 164 Å². The second-order valence-corrected chi connectivity index (χ2v) is 16.0. The Balaban J connectivity index is 1.00. The molecule has 12 rings (SSSR count). The monoisotopic (exact) mass is 793 g/mol. The molecule has 8 aromatic carbocycles. The largest absolute Gasteiger partial charge is 0.309 e. The van der Waals surface area contributed by atoms with Crippen molar-refractivity contribution >= 4 is 38.8 Å². The van der Waals surface area contributed by atoms with Crippen molar-refractivity contribution in [3.8, 4) is 67.8 Å². The number of allylic oxidation sites excluding steroid dienone is 1. The standard InChI is InChI=1S/C57H39N5/c1-4-14-38(15-5-1)40-24-28-42(29-25-40)55-58-56(43-30-26-41(27-31-43)39-16-6-2-7-17-39)60-57(59-55)62-52-23-13-11-21-48(52)50-37-45(33-35-54(50)62)44-32-34-53-49(36-44)47-20-10-12-22-51(47)61(53)46-18-8-3-9-19-46/h1-10,12-20,22-37H,11,21H2. The molecule has 0 unspecified atom stereocenters. The van der Waals surface area contributed by atoms with E-state index in [-0.39, 0.29) is 0 Å². The highest BCUT2D eigenvalue weighted by atomic mass is 15.2. The van der Waals surface area contributed by atoms with Crippen molar-refractivity contribution in [1.29, 1.82) is 0 Å². The SMILES string of the molecule is C1=Cc2c(c3cc(-c4ccc5c(c4)c4ccccc4n5-c4ccccc4)ccc3n2-c2nc(-c3ccc(-c4ccccc4)cc3)nc(-c3ccc(-c4ccccc4)cc3)n2)CC1. The van der Waals surface area contributed by atoms with Crippen molar-refractivity contribution < 1.29 is 0 Å². The number of hydrogen-bond donors (Lipinski definition) is 0. The van der Waals surface area contributed by atoms with Gasteiger partial charge in [-0.05, 0) is 100 Å². The number of hydrogen-bond acceptors (Lipinski definition) is 3. The fraction of sp³-hybridized carbons (Fsp3) is 0.0351. The molecule has 3 heterocycles. The molecule has 5 nitrogen and oxygen atoms in total. The highest BCUT2D eigenvalue weighted by molar-refractivity contribution is 6.10. The molecule has 0 bridgehead atoms. The molecule has 0 N–H and O–H groups in total. The van der Waals surface area contributed by atoms with Crippen LogP contribution >= 0.6 is 0 Å². The Morgan fingerprint density at radius 2 is 0.823 bits per heavy atom. The lowest BCUT2D eigenvalue weighted by Crippen LogP contribution is -2.08. The van der Waals surface area contributed by atoms with E-state index in [1.54, 1.807) is 0 Å². The molecule has 0 amide bonds. The van der Waals surface area contributed by atoms with Crippen LogP contribution in [0.1, 0.15) is 17.7 Å². The minimum Gasteiger partial charge on any atom is -0.309 e. The Bertz CT molecular complexity index is 3370. The quantitative estimate of drug-likeness (QED) is 0.161. The van der Waals surface area contributed by atoms with E-state index in [2.05, 4.69) is 209 Å². The summed E-state index contributed by atoms with van der Waals surface area (Å²) in [5.41, 5.74) is 15.9. The second kappa shape index (κ2) is 14.8. The van der Waals surface area contributed by atoms with Crippen LogP contribution in [0.15, 0.2) is 206 Å². The van der Waals surface area contributed by atoms with Gasteiger partial charge in [0, 0.05) is 33.0 Å². The normalized spacial score (nSPS) is 12.3. The van der Waals surface area contributed by atoms with Gasteiger partial charge in [0.05, 0.1) is 22.2 Å². The zero-order valence-corrected chi connectivity index (χ0v) is 33.9. The van der Waals surface area contributed by atoms with Gasteiger partial charge >= 0.3 is 0 Å². The molecule has 3 aromatic heterocycles. The lowest BCUT2D eigenvalue weighted by molar-refractivity contribution is 0.902. The predicted octanol–water partition coefficient (Wildman–Crippen LogP) is 14.2. The fourth-order valence-electron chi connectivity index (χ4n) is 9.25. The molecule has 1 aliphatic carbocycles. The predicted molar refractivity (Wildman–Crippen MR) is 256 cm³/mol. The summed E-state index contributed by atoms with van der Waals surface area (Å²) in [6.07, 6.45) is 6.43.